The van der Waals surface area contributed by atoms with E-state index in [0.29, 0.717) is 6.42 Å². The highest BCUT2D eigenvalue weighted by Crippen LogP contribution is 2.49. The van der Waals surface area contributed by atoms with Gasteiger partial charge in [-0.3, -0.25) is 4.79 Å². The number of rotatable bonds is 4. The van der Waals surface area contributed by atoms with Gasteiger partial charge in [0.15, 0.2) is 0 Å². The van der Waals surface area contributed by atoms with Gasteiger partial charge in [0.05, 0.1) is 12.5 Å². The van der Waals surface area contributed by atoms with Crippen LogP contribution in [-0.2, 0) is 11.2 Å². The second kappa shape index (κ2) is 4.09. The molecule has 1 aliphatic rings. The van der Waals surface area contributed by atoms with E-state index in [9.17, 15) is 4.79 Å². The minimum absolute atomic E-state index is 0.517. The van der Waals surface area contributed by atoms with E-state index in [-0.39, 0.29) is 0 Å². The van der Waals surface area contributed by atoms with Crippen LogP contribution in [0.15, 0.2) is 22.7 Å². The predicted octanol–water partition coefficient (Wildman–Crippen LogP) is 2.87. The Morgan fingerprint density at radius 3 is 2.69 bits per heavy atom. The summed E-state index contributed by atoms with van der Waals surface area (Å²) in [6.45, 7) is 0. The second-order valence-corrected chi connectivity index (χ2v) is 5.07. The molecule has 16 heavy (non-hydrogen) atoms. The Bertz CT molecular complexity index is 424. The normalized spacial score (nSPS) is 16.9. The maximum Gasteiger partial charge on any atom is 0.309 e. The average molecular weight is 285 g/mol. The van der Waals surface area contributed by atoms with Crippen molar-refractivity contribution in [2.75, 3.05) is 7.11 Å². The fraction of sp³-hybridized carbons (Fsp3) is 0.417. The third-order valence-electron chi connectivity index (χ3n) is 3.10. The smallest absolute Gasteiger partial charge is 0.309 e. The fourth-order valence-electron chi connectivity index (χ4n) is 1.78. The van der Waals surface area contributed by atoms with Crippen molar-refractivity contribution in [2.24, 2.45) is 5.41 Å². The van der Waals surface area contributed by atoms with Crippen LogP contribution in [-0.4, -0.2) is 18.2 Å². The Morgan fingerprint density at radius 1 is 1.56 bits per heavy atom. The van der Waals surface area contributed by atoms with Gasteiger partial charge in [-0.1, -0.05) is 22.0 Å². The number of ether oxygens (including phenoxy) is 1. The lowest BCUT2D eigenvalue weighted by Crippen LogP contribution is -2.17. The summed E-state index contributed by atoms with van der Waals surface area (Å²) in [5, 5.41) is 9.12. The van der Waals surface area contributed by atoms with E-state index in [4.69, 9.17) is 9.84 Å². The molecule has 0 amide bonds. The first-order valence-electron chi connectivity index (χ1n) is 5.13. The standard InChI is InChI=1S/C12H13BrO3/c1-16-9-3-2-8(10(13)6-9)7-12(4-5-12)11(14)15/h2-3,6H,4-5,7H2,1H3,(H,14,15). The highest BCUT2D eigenvalue weighted by Gasteiger charge is 2.50. The minimum Gasteiger partial charge on any atom is -0.497 e. The maximum atomic E-state index is 11.1. The zero-order valence-corrected chi connectivity index (χ0v) is 10.6. The lowest BCUT2D eigenvalue weighted by atomic mass is 9.97. The number of benzene rings is 1. The van der Waals surface area contributed by atoms with Gasteiger partial charge in [0.2, 0.25) is 0 Å². The zero-order chi connectivity index (χ0) is 11.8. The Labute approximate surface area is 103 Å². The van der Waals surface area contributed by atoms with Gasteiger partial charge < -0.3 is 9.84 Å². The summed E-state index contributed by atoms with van der Waals surface area (Å²) in [7, 11) is 1.61. The van der Waals surface area contributed by atoms with Crippen molar-refractivity contribution >= 4 is 21.9 Å². The van der Waals surface area contributed by atoms with Gasteiger partial charge in [0.1, 0.15) is 5.75 Å². The molecule has 1 saturated carbocycles. The monoisotopic (exact) mass is 284 g/mol. The van der Waals surface area contributed by atoms with Gasteiger partial charge in [-0.2, -0.15) is 0 Å². The number of aliphatic carboxylic acids is 1. The molecule has 4 heteroatoms. The number of methoxy groups -OCH3 is 1. The van der Waals surface area contributed by atoms with Crippen LogP contribution in [0, 0.1) is 5.41 Å². The summed E-state index contributed by atoms with van der Waals surface area (Å²) < 4.78 is 6.01. The topological polar surface area (TPSA) is 46.5 Å². The first-order chi connectivity index (χ1) is 7.57. The summed E-state index contributed by atoms with van der Waals surface area (Å²) in [5.41, 5.74) is 0.512. The molecule has 3 nitrogen and oxygen atoms in total. The van der Waals surface area contributed by atoms with Crippen LogP contribution in [0.3, 0.4) is 0 Å². The van der Waals surface area contributed by atoms with Crippen molar-refractivity contribution in [2.45, 2.75) is 19.3 Å². The third kappa shape index (κ3) is 2.07. The first-order valence-corrected chi connectivity index (χ1v) is 5.92. The molecule has 1 aromatic carbocycles. The molecule has 1 aliphatic carbocycles. The summed E-state index contributed by atoms with van der Waals surface area (Å²) >= 11 is 3.44. The molecule has 86 valence electrons. The molecule has 0 unspecified atom stereocenters. The quantitative estimate of drug-likeness (QED) is 0.925. The first kappa shape index (κ1) is 11.5. The van der Waals surface area contributed by atoms with Gasteiger partial charge in [-0.05, 0) is 37.0 Å². The molecule has 0 bridgehead atoms. The molecule has 0 atom stereocenters. The van der Waals surface area contributed by atoms with Crippen LogP contribution in [0.2, 0.25) is 0 Å². The summed E-state index contributed by atoms with van der Waals surface area (Å²) in [6.07, 6.45) is 2.15. The minimum atomic E-state index is -0.685. The Kier molecular flexibility index (Phi) is 2.93. The molecule has 1 fully saturated rings. The van der Waals surface area contributed by atoms with Crippen LogP contribution in [0.4, 0.5) is 0 Å². The summed E-state index contributed by atoms with van der Waals surface area (Å²) in [6, 6.07) is 5.65. The van der Waals surface area contributed by atoms with Crippen LogP contribution in [0.25, 0.3) is 0 Å². The molecular weight excluding hydrogens is 272 g/mol. The van der Waals surface area contributed by atoms with Crippen molar-refractivity contribution in [3.05, 3.63) is 28.2 Å². The van der Waals surface area contributed by atoms with Crippen molar-refractivity contribution < 1.29 is 14.6 Å². The van der Waals surface area contributed by atoms with Crippen molar-refractivity contribution in [3.8, 4) is 5.75 Å². The Morgan fingerprint density at radius 2 is 2.25 bits per heavy atom. The molecule has 0 spiro atoms. The molecule has 0 heterocycles. The lowest BCUT2D eigenvalue weighted by Gasteiger charge is -2.12. The van der Waals surface area contributed by atoms with Crippen LogP contribution in [0.1, 0.15) is 18.4 Å². The lowest BCUT2D eigenvalue weighted by molar-refractivity contribution is -0.143. The van der Waals surface area contributed by atoms with Gasteiger partial charge in [0, 0.05) is 4.47 Å². The van der Waals surface area contributed by atoms with Gasteiger partial charge >= 0.3 is 5.97 Å². The SMILES string of the molecule is COc1ccc(CC2(C(=O)O)CC2)c(Br)c1. The summed E-state index contributed by atoms with van der Waals surface area (Å²) in [5.74, 6) is 0.0889. The molecular formula is C12H13BrO3. The van der Waals surface area contributed by atoms with Gasteiger partial charge in [0.25, 0.3) is 0 Å². The second-order valence-electron chi connectivity index (χ2n) is 4.22. The Hall–Kier alpha value is -1.03. The number of halogens is 1. The molecule has 2 rings (SSSR count). The number of hydrogen-bond donors (Lipinski definition) is 1. The van der Waals surface area contributed by atoms with Gasteiger partial charge in [-0.15, -0.1) is 0 Å². The predicted molar refractivity (Wildman–Crippen MR) is 63.7 cm³/mol. The molecule has 0 radical (unpaired) electrons. The number of carbonyl (C=O) groups is 1. The van der Waals surface area contributed by atoms with Gasteiger partial charge in [-0.25, -0.2) is 0 Å². The van der Waals surface area contributed by atoms with Crippen molar-refractivity contribution in [3.63, 3.8) is 0 Å². The maximum absolute atomic E-state index is 11.1. The highest BCUT2D eigenvalue weighted by atomic mass is 79.9. The van der Waals surface area contributed by atoms with E-state index in [1.165, 1.54) is 0 Å². The molecule has 1 aromatic rings. The van der Waals surface area contributed by atoms with E-state index in [0.717, 1.165) is 28.6 Å². The van der Waals surface area contributed by atoms with E-state index in [1.54, 1.807) is 7.11 Å². The van der Waals surface area contributed by atoms with E-state index in [1.807, 2.05) is 18.2 Å². The number of hydrogen-bond acceptors (Lipinski definition) is 2. The molecule has 1 N–H and O–H groups in total. The fourth-order valence-corrected chi connectivity index (χ4v) is 2.28. The van der Waals surface area contributed by atoms with Crippen molar-refractivity contribution in [1.82, 2.24) is 0 Å². The van der Waals surface area contributed by atoms with Crippen LogP contribution < -0.4 is 4.74 Å². The summed E-state index contributed by atoms with van der Waals surface area (Å²) in [4.78, 5) is 11.1. The third-order valence-corrected chi connectivity index (χ3v) is 3.83. The number of carboxylic acid groups (broad SMARTS) is 1. The van der Waals surface area contributed by atoms with Crippen LogP contribution in [0.5, 0.6) is 5.75 Å². The molecule has 0 aromatic heterocycles. The van der Waals surface area contributed by atoms with E-state index >= 15 is 0 Å². The molecule has 0 aliphatic heterocycles. The van der Waals surface area contributed by atoms with Crippen LogP contribution >= 0.6 is 15.9 Å². The Balaban J connectivity index is 2.19. The molecule has 0 saturated heterocycles. The van der Waals surface area contributed by atoms with Crippen molar-refractivity contribution in [1.29, 1.82) is 0 Å². The largest absolute Gasteiger partial charge is 0.497 e. The zero-order valence-electron chi connectivity index (χ0n) is 9.00. The average Bonchev–Trinajstić information content (AvgIpc) is 3.02. The van der Waals surface area contributed by atoms with E-state index in [2.05, 4.69) is 15.9 Å². The highest BCUT2D eigenvalue weighted by molar-refractivity contribution is 9.10. The van der Waals surface area contributed by atoms with E-state index < -0.39 is 11.4 Å². The number of carboxylic acids is 1.